The number of amides is 1. The van der Waals surface area contributed by atoms with Crippen molar-refractivity contribution in [2.75, 3.05) is 26.8 Å². The molecule has 4 aromatic carbocycles. The number of rotatable bonds is 13. The van der Waals surface area contributed by atoms with Crippen LogP contribution in [0.5, 0.6) is 11.5 Å². The minimum Gasteiger partial charge on any atom is -0.494 e. The largest absolute Gasteiger partial charge is 0.494 e. The lowest BCUT2D eigenvalue weighted by Gasteiger charge is -2.28. The van der Waals surface area contributed by atoms with E-state index in [4.69, 9.17) is 9.47 Å². The zero-order valence-electron chi connectivity index (χ0n) is 26.5. The summed E-state index contributed by atoms with van der Waals surface area (Å²) in [5, 5.41) is 4.81. The maximum absolute atomic E-state index is 13.6. The molecule has 0 saturated heterocycles. The van der Waals surface area contributed by atoms with E-state index in [0.717, 1.165) is 46.5 Å². The topological polar surface area (TPSA) is 97.0 Å². The maximum atomic E-state index is 13.6. The number of ether oxygens (including phenoxy) is 2. The highest BCUT2D eigenvalue weighted by molar-refractivity contribution is 7.89. The van der Waals surface area contributed by atoms with Gasteiger partial charge in [-0.2, -0.15) is 0 Å². The van der Waals surface area contributed by atoms with Crippen LogP contribution in [0.15, 0.2) is 89.8 Å². The zero-order chi connectivity index (χ0) is 32.0. The molecular formula is C36H43N3O5S. The van der Waals surface area contributed by atoms with Gasteiger partial charge < -0.3 is 19.7 Å². The minimum atomic E-state index is -3.95. The van der Waals surface area contributed by atoms with Crippen LogP contribution < -0.4 is 19.5 Å². The average Bonchev–Trinajstić information content (AvgIpc) is 3.00. The van der Waals surface area contributed by atoms with Crippen molar-refractivity contribution in [3.05, 3.63) is 102 Å². The van der Waals surface area contributed by atoms with Crippen LogP contribution in [0, 0.1) is 5.92 Å². The summed E-state index contributed by atoms with van der Waals surface area (Å²) in [7, 11) is -1.84. The first-order valence-electron chi connectivity index (χ1n) is 15.6. The van der Waals surface area contributed by atoms with Gasteiger partial charge in [-0.15, -0.1) is 0 Å². The number of carbonyl (C=O) groups is 1. The molecule has 0 fully saturated rings. The van der Waals surface area contributed by atoms with Crippen molar-refractivity contribution in [2.45, 2.75) is 57.1 Å². The van der Waals surface area contributed by atoms with Gasteiger partial charge in [-0.1, -0.05) is 68.4 Å². The van der Waals surface area contributed by atoms with Gasteiger partial charge in [0.15, 0.2) is 0 Å². The van der Waals surface area contributed by atoms with Crippen molar-refractivity contribution in [3.63, 3.8) is 0 Å². The molecule has 1 amide bonds. The van der Waals surface area contributed by atoms with E-state index in [2.05, 4.69) is 48.0 Å². The summed E-state index contributed by atoms with van der Waals surface area (Å²) >= 11 is 0. The molecule has 1 aliphatic rings. The molecule has 0 aliphatic carbocycles. The van der Waals surface area contributed by atoms with E-state index in [1.165, 1.54) is 0 Å². The molecular weight excluding hydrogens is 586 g/mol. The Labute approximate surface area is 266 Å². The zero-order valence-corrected chi connectivity index (χ0v) is 27.3. The average molecular weight is 630 g/mol. The van der Waals surface area contributed by atoms with Crippen LogP contribution in [0.25, 0.3) is 10.8 Å². The van der Waals surface area contributed by atoms with Crippen molar-refractivity contribution >= 4 is 26.7 Å². The highest BCUT2D eigenvalue weighted by Gasteiger charge is 2.28. The SMILES string of the molecule is CCOc1ccc2cc(S(=O)(=O)NC(CC(=O)NC3CCOc4cc(CN(C)CC(C)C)ccc43)c3ccccc3)ccc2c1. The molecule has 8 nitrogen and oxygen atoms in total. The number of nitrogens with one attached hydrogen (secondary N) is 2. The van der Waals surface area contributed by atoms with Crippen molar-refractivity contribution in [1.29, 1.82) is 0 Å². The quantitative estimate of drug-likeness (QED) is 0.178. The molecule has 0 saturated carbocycles. The molecule has 45 heavy (non-hydrogen) atoms. The molecule has 5 rings (SSSR count). The van der Waals surface area contributed by atoms with E-state index in [1.807, 2.05) is 61.5 Å². The van der Waals surface area contributed by atoms with E-state index in [9.17, 15) is 13.2 Å². The van der Waals surface area contributed by atoms with Crippen LogP contribution >= 0.6 is 0 Å². The number of hydrogen-bond donors (Lipinski definition) is 2. The van der Waals surface area contributed by atoms with Crippen molar-refractivity contribution in [3.8, 4) is 11.5 Å². The lowest BCUT2D eigenvalue weighted by Crippen LogP contribution is -2.36. The molecule has 2 unspecified atom stereocenters. The van der Waals surface area contributed by atoms with Crippen molar-refractivity contribution in [1.82, 2.24) is 14.9 Å². The monoisotopic (exact) mass is 629 g/mol. The van der Waals surface area contributed by atoms with Crippen LogP contribution in [0.3, 0.4) is 0 Å². The Bertz CT molecular complexity index is 1730. The number of fused-ring (bicyclic) bond motifs is 2. The second-order valence-electron chi connectivity index (χ2n) is 12.1. The Morgan fingerprint density at radius 3 is 2.51 bits per heavy atom. The first-order chi connectivity index (χ1) is 21.6. The third-order valence-electron chi connectivity index (χ3n) is 7.88. The number of sulfonamides is 1. The molecule has 9 heteroatoms. The first kappa shape index (κ1) is 32.5. The van der Waals surface area contributed by atoms with E-state index in [-0.39, 0.29) is 23.3 Å². The third-order valence-corrected chi connectivity index (χ3v) is 9.34. The highest BCUT2D eigenvalue weighted by Crippen LogP contribution is 2.34. The Hall–Kier alpha value is -3.92. The summed E-state index contributed by atoms with van der Waals surface area (Å²) in [6.07, 6.45) is 0.578. The van der Waals surface area contributed by atoms with Gasteiger partial charge in [-0.3, -0.25) is 4.79 Å². The fraction of sp³-hybridized carbons (Fsp3) is 0.361. The Balaban J connectivity index is 1.31. The second-order valence-corrected chi connectivity index (χ2v) is 13.8. The highest BCUT2D eigenvalue weighted by atomic mass is 32.2. The van der Waals surface area contributed by atoms with Crippen LogP contribution in [0.4, 0.5) is 0 Å². The predicted molar refractivity (Wildman–Crippen MR) is 178 cm³/mol. The summed E-state index contributed by atoms with van der Waals surface area (Å²) in [6, 6.07) is 25.0. The van der Waals surface area contributed by atoms with Gasteiger partial charge in [0.05, 0.1) is 30.2 Å². The predicted octanol–water partition coefficient (Wildman–Crippen LogP) is 6.38. The van der Waals surface area contributed by atoms with E-state index in [0.29, 0.717) is 31.1 Å². The summed E-state index contributed by atoms with van der Waals surface area (Å²) in [6.45, 7) is 9.18. The summed E-state index contributed by atoms with van der Waals surface area (Å²) in [4.78, 5) is 15.9. The van der Waals surface area contributed by atoms with Crippen LogP contribution in [0.1, 0.15) is 62.4 Å². The van der Waals surface area contributed by atoms with Gasteiger partial charge in [-0.05, 0) is 72.1 Å². The minimum absolute atomic E-state index is 0.0562. The van der Waals surface area contributed by atoms with Crippen LogP contribution in [0.2, 0.25) is 0 Å². The van der Waals surface area contributed by atoms with Gasteiger partial charge >= 0.3 is 0 Å². The smallest absolute Gasteiger partial charge is 0.241 e. The van der Waals surface area contributed by atoms with Gasteiger partial charge in [0.1, 0.15) is 11.5 Å². The Morgan fingerprint density at radius 1 is 1.00 bits per heavy atom. The molecule has 0 spiro atoms. The molecule has 4 aromatic rings. The lowest BCUT2D eigenvalue weighted by molar-refractivity contribution is -0.122. The number of nitrogens with zero attached hydrogens (tertiary/aromatic N) is 1. The molecule has 1 heterocycles. The number of benzene rings is 4. The fourth-order valence-electron chi connectivity index (χ4n) is 5.91. The van der Waals surface area contributed by atoms with E-state index < -0.39 is 16.1 Å². The molecule has 0 aromatic heterocycles. The van der Waals surface area contributed by atoms with Crippen LogP contribution in [-0.2, 0) is 21.4 Å². The maximum Gasteiger partial charge on any atom is 0.241 e. The van der Waals surface area contributed by atoms with Gasteiger partial charge in [0.25, 0.3) is 0 Å². The molecule has 2 N–H and O–H groups in total. The van der Waals surface area contributed by atoms with E-state index in [1.54, 1.807) is 18.2 Å². The standard InChI is InChI=1S/C36H43N3O5S/c1-5-43-30-14-12-29-21-31(15-13-28(29)20-30)45(41,42)38-34(27-9-7-6-8-10-27)22-36(40)37-33-17-18-44-35-19-26(11-16-32(33)35)24-39(4)23-25(2)3/h6-16,19-21,25,33-34,38H,5,17-18,22-24H2,1-4H3,(H,37,40). The van der Waals surface area contributed by atoms with Gasteiger partial charge in [0.2, 0.25) is 15.9 Å². The molecule has 1 aliphatic heterocycles. The summed E-state index contributed by atoms with van der Waals surface area (Å²) < 4.78 is 41.7. The normalized spacial score (nSPS) is 15.5. The number of hydrogen-bond acceptors (Lipinski definition) is 6. The summed E-state index contributed by atoms with van der Waals surface area (Å²) in [5.74, 6) is 1.85. The van der Waals surface area contributed by atoms with Crippen molar-refractivity contribution < 1.29 is 22.7 Å². The van der Waals surface area contributed by atoms with E-state index >= 15 is 0 Å². The first-order valence-corrected chi connectivity index (χ1v) is 17.1. The van der Waals surface area contributed by atoms with Gasteiger partial charge in [-0.25, -0.2) is 13.1 Å². The molecule has 0 radical (unpaired) electrons. The molecule has 2 atom stereocenters. The van der Waals surface area contributed by atoms with Crippen LogP contribution in [-0.4, -0.2) is 46.0 Å². The summed E-state index contributed by atoms with van der Waals surface area (Å²) in [5.41, 5.74) is 2.80. The van der Waals surface area contributed by atoms with Crippen molar-refractivity contribution in [2.24, 2.45) is 5.92 Å². The Kier molecular flexibility index (Phi) is 10.4. The molecule has 0 bridgehead atoms. The fourth-order valence-corrected chi connectivity index (χ4v) is 7.17. The van der Waals surface area contributed by atoms with Gasteiger partial charge in [0, 0.05) is 31.5 Å². The Morgan fingerprint density at radius 2 is 1.76 bits per heavy atom. The number of carbonyl (C=O) groups excluding carboxylic acids is 1. The lowest BCUT2D eigenvalue weighted by atomic mass is 9.97. The molecule has 238 valence electrons. The third kappa shape index (κ3) is 8.42. The second kappa shape index (κ2) is 14.5.